The van der Waals surface area contributed by atoms with Crippen molar-refractivity contribution in [2.75, 3.05) is 0 Å². The predicted molar refractivity (Wildman–Crippen MR) is 83.6 cm³/mol. The topological polar surface area (TPSA) is 60.6 Å². The molecule has 0 amide bonds. The zero-order valence-corrected chi connectivity index (χ0v) is 13.9. The van der Waals surface area contributed by atoms with Crippen molar-refractivity contribution in [2.24, 2.45) is 7.05 Å². The Hall–Kier alpha value is -1.69. The SMILES string of the molecule is CCc1nc(CC)n(-c2c(CNC(C)C)c(C)nn2C)n1. The molecule has 0 unspecified atom stereocenters. The van der Waals surface area contributed by atoms with Crippen molar-refractivity contribution >= 4 is 0 Å². The Bertz CT molecular complexity index is 608. The molecule has 0 saturated heterocycles. The van der Waals surface area contributed by atoms with Crippen molar-refractivity contribution in [2.45, 2.75) is 60.0 Å². The molecule has 0 spiro atoms. The molecule has 2 aromatic heterocycles. The summed E-state index contributed by atoms with van der Waals surface area (Å²) < 4.78 is 3.86. The molecule has 2 rings (SSSR count). The van der Waals surface area contributed by atoms with E-state index in [4.69, 9.17) is 0 Å². The highest BCUT2D eigenvalue weighted by atomic mass is 15.4. The summed E-state index contributed by atoms with van der Waals surface area (Å²) in [6.45, 7) is 11.3. The summed E-state index contributed by atoms with van der Waals surface area (Å²) in [6.07, 6.45) is 1.70. The number of hydrogen-bond acceptors (Lipinski definition) is 4. The third-order valence-electron chi connectivity index (χ3n) is 3.55. The van der Waals surface area contributed by atoms with E-state index in [1.165, 1.54) is 5.56 Å². The van der Waals surface area contributed by atoms with Gasteiger partial charge in [-0.15, -0.1) is 5.10 Å². The van der Waals surface area contributed by atoms with Crippen LogP contribution in [0.15, 0.2) is 0 Å². The lowest BCUT2D eigenvalue weighted by Gasteiger charge is -2.11. The molecule has 2 heterocycles. The molecule has 1 N–H and O–H groups in total. The molecule has 0 fully saturated rings. The molecule has 0 atom stereocenters. The first kappa shape index (κ1) is 15.7. The van der Waals surface area contributed by atoms with Gasteiger partial charge in [0.05, 0.1) is 5.69 Å². The largest absolute Gasteiger partial charge is 0.310 e. The molecule has 0 saturated carbocycles. The minimum atomic E-state index is 0.435. The molecule has 6 heteroatoms. The van der Waals surface area contributed by atoms with E-state index in [1.54, 1.807) is 0 Å². The average molecular weight is 290 g/mol. The van der Waals surface area contributed by atoms with Crippen LogP contribution in [0.2, 0.25) is 0 Å². The van der Waals surface area contributed by atoms with E-state index in [0.717, 1.165) is 42.5 Å². The van der Waals surface area contributed by atoms with Gasteiger partial charge in [-0.1, -0.05) is 27.7 Å². The third kappa shape index (κ3) is 3.15. The van der Waals surface area contributed by atoms with Gasteiger partial charge in [0.1, 0.15) is 5.82 Å². The summed E-state index contributed by atoms with van der Waals surface area (Å²) in [5.41, 5.74) is 2.23. The van der Waals surface area contributed by atoms with E-state index >= 15 is 0 Å². The van der Waals surface area contributed by atoms with Crippen LogP contribution in [0.3, 0.4) is 0 Å². The second-order valence-corrected chi connectivity index (χ2v) is 5.61. The van der Waals surface area contributed by atoms with Crippen LogP contribution in [-0.4, -0.2) is 30.6 Å². The maximum absolute atomic E-state index is 4.65. The van der Waals surface area contributed by atoms with Crippen molar-refractivity contribution in [3.63, 3.8) is 0 Å². The highest BCUT2D eigenvalue weighted by Gasteiger charge is 2.19. The van der Waals surface area contributed by atoms with E-state index in [0.29, 0.717) is 6.04 Å². The molecule has 6 nitrogen and oxygen atoms in total. The molecule has 0 aliphatic heterocycles. The van der Waals surface area contributed by atoms with Gasteiger partial charge in [0.15, 0.2) is 11.6 Å². The fourth-order valence-corrected chi connectivity index (χ4v) is 2.41. The summed E-state index contributed by atoms with van der Waals surface area (Å²) in [6, 6.07) is 0.435. The van der Waals surface area contributed by atoms with E-state index in [9.17, 15) is 0 Å². The molecule has 0 radical (unpaired) electrons. The van der Waals surface area contributed by atoms with Crippen molar-refractivity contribution < 1.29 is 0 Å². The summed E-state index contributed by atoms with van der Waals surface area (Å²) in [4.78, 5) is 4.60. The fourth-order valence-electron chi connectivity index (χ4n) is 2.41. The highest BCUT2D eigenvalue weighted by molar-refractivity contribution is 5.38. The van der Waals surface area contributed by atoms with E-state index in [-0.39, 0.29) is 0 Å². The summed E-state index contributed by atoms with van der Waals surface area (Å²) in [5, 5.41) is 12.7. The number of nitrogens with zero attached hydrogens (tertiary/aromatic N) is 5. The summed E-state index contributed by atoms with van der Waals surface area (Å²) in [5.74, 6) is 2.89. The monoisotopic (exact) mass is 290 g/mol. The molecule has 0 aliphatic carbocycles. The smallest absolute Gasteiger partial charge is 0.158 e. The molecular formula is C15H26N6. The zero-order chi connectivity index (χ0) is 15.6. The van der Waals surface area contributed by atoms with Gasteiger partial charge < -0.3 is 5.32 Å². The minimum Gasteiger partial charge on any atom is -0.310 e. The van der Waals surface area contributed by atoms with Crippen LogP contribution in [0.4, 0.5) is 0 Å². The Morgan fingerprint density at radius 3 is 2.43 bits per heavy atom. The first-order valence-corrected chi connectivity index (χ1v) is 7.68. The lowest BCUT2D eigenvalue weighted by Crippen LogP contribution is -2.23. The lowest BCUT2D eigenvalue weighted by atomic mass is 10.2. The standard InChI is InChI=1S/C15H26N6/c1-7-13-17-14(8-2)21(19-13)15-12(9-16-10(3)4)11(5)18-20(15)6/h10,16H,7-9H2,1-6H3. The second kappa shape index (κ2) is 6.39. The molecule has 0 aromatic carbocycles. The van der Waals surface area contributed by atoms with Crippen molar-refractivity contribution in [1.82, 2.24) is 29.9 Å². The van der Waals surface area contributed by atoms with Gasteiger partial charge in [0.25, 0.3) is 0 Å². The van der Waals surface area contributed by atoms with Gasteiger partial charge in [-0.05, 0) is 6.92 Å². The Morgan fingerprint density at radius 2 is 1.86 bits per heavy atom. The lowest BCUT2D eigenvalue weighted by molar-refractivity contribution is 0.582. The number of nitrogens with one attached hydrogen (secondary N) is 1. The molecule has 21 heavy (non-hydrogen) atoms. The predicted octanol–water partition coefficient (Wildman–Crippen LogP) is 1.93. The molecule has 2 aromatic rings. The van der Waals surface area contributed by atoms with E-state index in [1.807, 2.05) is 23.3 Å². The van der Waals surface area contributed by atoms with Crippen LogP contribution in [0.25, 0.3) is 5.82 Å². The molecule has 0 aliphatic rings. The molecule has 0 bridgehead atoms. The second-order valence-electron chi connectivity index (χ2n) is 5.61. The van der Waals surface area contributed by atoms with Crippen LogP contribution in [0.5, 0.6) is 0 Å². The number of hydrogen-bond donors (Lipinski definition) is 1. The number of aryl methyl sites for hydroxylation is 4. The fraction of sp³-hybridized carbons (Fsp3) is 0.667. The van der Waals surface area contributed by atoms with Crippen LogP contribution >= 0.6 is 0 Å². The average Bonchev–Trinajstić information content (AvgIpc) is 2.96. The van der Waals surface area contributed by atoms with Gasteiger partial charge in [-0.3, -0.25) is 4.68 Å². The van der Waals surface area contributed by atoms with E-state index < -0.39 is 0 Å². The number of aromatic nitrogens is 5. The van der Waals surface area contributed by atoms with Crippen LogP contribution < -0.4 is 5.32 Å². The van der Waals surface area contributed by atoms with Gasteiger partial charge in [0, 0.05) is 38.0 Å². The zero-order valence-electron chi connectivity index (χ0n) is 13.9. The molecular weight excluding hydrogens is 264 g/mol. The highest BCUT2D eigenvalue weighted by Crippen LogP contribution is 2.19. The van der Waals surface area contributed by atoms with Crippen molar-refractivity contribution in [3.05, 3.63) is 22.9 Å². The Morgan fingerprint density at radius 1 is 1.14 bits per heavy atom. The van der Waals surface area contributed by atoms with Crippen LogP contribution in [-0.2, 0) is 26.4 Å². The quantitative estimate of drug-likeness (QED) is 0.883. The Labute approximate surface area is 126 Å². The van der Waals surface area contributed by atoms with E-state index in [2.05, 4.69) is 48.2 Å². The van der Waals surface area contributed by atoms with Crippen LogP contribution in [0.1, 0.15) is 50.6 Å². The summed E-state index contributed by atoms with van der Waals surface area (Å²) in [7, 11) is 1.97. The van der Waals surface area contributed by atoms with Gasteiger partial charge in [-0.25, -0.2) is 4.98 Å². The van der Waals surface area contributed by atoms with Gasteiger partial charge >= 0.3 is 0 Å². The minimum absolute atomic E-state index is 0.435. The first-order valence-electron chi connectivity index (χ1n) is 7.68. The number of rotatable bonds is 6. The molecule has 116 valence electrons. The Kier molecular flexibility index (Phi) is 4.77. The first-order chi connectivity index (χ1) is 9.97. The maximum atomic E-state index is 4.65. The normalized spacial score (nSPS) is 11.6. The maximum Gasteiger partial charge on any atom is 0.158 e. The van der Waals surface area contributed by atoms with Gasteiger partial charge in [-0.2, -0.15) is 9.78 Å². The van der Waals surface area contributed by atoms with Gasteiger partial charge in [0.2, 0.25) is 0 Å². The van der Waals surface area contributed by atoms with Crippen molar-refractivity contribution in [3.8, 4) is 5.82 Å². The Balaban J connectivity index is 2.49. The third-order valence-corrected chi connectivity index (χ3v) is 3.55. The van der Waals surface area contributed by atoms with Crippen molar-refractivity contribution in [1.29, 1.82) is 0 Å². The van der Waals surface area contributed by atoms with Crippen LogP contribution in [0, 0.1) is 6.92 Å². The summed E-state index contributed by atoms with van der Waals surface area (Å²) >= 11 is 0.